The average Bonchev–Trinajstić information content (AvgIpc) is 3.18. The van der Waals surface area contributed by atoms with Crippen molar-refractivity contribution < 1.29 is 53.1 Å². The van der Waals surface area contributed by atoms with E-state index in [2.05, 4.69) is 26.5 Å². The van der Waals surface area contributed by atoms with Crippen LogP contribution >= 0.6 is 0 Å². The van der Waals surface area contributed by atoms with E-state index in [4.69, 9.17) is 23.7 Å². The molecule has 1 saturated carbocycles. The van der Waals surface area contributed by atoms with Gasteiger partial charge in [0, 0.05) is 52.0 Å². The molecule has 14 atom stereocenters. The Balaban J connectivity index is 1.78. The Morgan fingerprint density at radius 2 is 1.61 bits per heavy atom. The summed E-state index contributed by atoms with van der Waals surface area (Å²) in [6, 6.07) is -1.11. The Bertz CT molecular complexity index is 1480. The predicted octanol–water partition coefficient (Wildman–Crippen LogP) is 5.91. The molecule has 57 heavy (non-hydrogen) atoms. The van der Waals surface area contributed by atoms with Gasteiger partial charge in [0.15, 0.2) is 0 Å². The number of aliphatic hydroxyl groups is 2. The minimum absolute atomic E-state index is 0.0237. The highest BCUT2D eigenvalue weighted by molar-refractivity contribution is 6.39. The number of fused-ring (bicyclic) bond motifs is 3. The fourth-order valence-electron chi connectivity index (χ4n) is 9.67. The number of carbonyl (C=O) groups is 4. The van der Waals surface area contributed by atoms with E-state index in [1.165, 1.54) is 19.1 Å². The Kier molecular flexibility index (Phi) is 17.3. The van der Waals surface area contributed by atoms with Gasteiger partial charge >= 0.3 is 5.97 Å². The first kappa shape index (κ1) is 46.9. The standard InChI is InChI=1S/C45H71NO11/c1-11-14-33-20-26(2)19-27(3)21-38(54-9)41-39(55-10)23-30(6)45(52,57-41)42(49)43(50)46-18-13-12-15-34(46)44(51)56-40(31(7)35(47)25-36(33)48)29(5)22-32-17-16-28(4)37(24-32)53-8/h11,20,22,27-28,30-35,37-41,47,52H,1,12-19,21,23-25H2,2-10H3/b26-20+,29-22+/t27-,28-,30+,31+,32-,33+,34-,35-,37+,38-,39-,40+,41+,45+/m0/s1. The Labute approximate surface area is 340 Å². The van der Waals surface area contributed by atoms with Gasteiger partial charge in [0.05, 0.1) is 24.4 Å². The van der Waals surface area contributed by atoms with Crippen LogP contribution in [0.4, 0.5) is 0 Å². The lowest BCUT2D eigenvalue weighted by atomic mass is 9.79. The van der Waals surface area contributed by atoms with Gasteiger partial charge in [-0.25, -0.2) is 4.79 Å². The van der Waals surface area contributed by atoms with Crippen LogP contribution < -0.4 is 0 Å². The van der Waals surface area contributed by atoms with E-state index < -0.39 is 77.8 Å². The summed E-state index contributed by atoms with van der Waals surface area (Å²) in [5.74, 6) is -6.96. The number of esters is 1. The second-order valence-electron chi connectivity index (χ2n) is 17.7. The number of nitrogens with zero attached hydrogens (tertiary/aromatic N) is 1. The van der Waals surface area contributed by atoms with Crippen LogP contribution in [0, 0.1) is 35.5 Å². The third-order valence-electron chi connectivity index (χ3n) is 13.2. The van der Waals surface area contributed by atoms with Gasteiger partial charge in [0.1, 0.15) is 24.0 Å². The molecule has 0 spiro atoms. The first-order valence-corrected chi connectivity index (χ1v) is 21.2. The number of allylic oxidation sites excluding steroid dienone is 4. The van der Waals surface area contributed by atoms with Crippen molar-refractivity contribution in [2.75, 3.05) is 27.9 Å². The van der Waals surface area contributed by atoms with Gasteiger partial charge in [-0.2, -0.15) is 0 Å². The summed E-state index contributed by atoms with van der Waals surface area (Å²) in [5.41, 5.74) is 1.71. The largest absolute Gasteiger partial charge is 0.456 e. The van der Waals surface area contributed by atoms with Crippen molar-refractivity contribution >= 4 is 23.4 Å². The topological polar surface area (TPSA) is 158 Å². The lowest BCUT2D eigenvalue weighted by molar-refractivity contribution is -0.302. The third-order valence-corrected chi connectivity index (χ3v) is 13.2. The summed E-state index contributed by atoms with van der Waals surface area (Å²) in [7, 11) is 4.79. The van der Waals surface area contributed by atoms with Gasteiger partial charge in [-0.05, 0) is 101 Å². The van der Waals surface area contributed by atoms with Crippen molar-refractivity contribution in [3.8, 4) is 0 Å². The van der Waals surface area contributed by atoms with Crippen molar-refractivity contribution in [1.82, 2.24) is 4.90 Å². The maximum absolute atomic E-state index is 14.3. The van der Waals surface area contributed by atoms with E-state index in [1.807, 2.05) is 19.9 Å². The molecule has 0 aromatic rings. The van der Waals surface area contributed by atoms with Crippen LogP contribution in [0.5, 0.6) is 0 Å². The molecular weight excluding hydrogens is 730 g/mol. The predicted molar refractivity (Wildman–Crippen MR) is 216 cm³/mol. The maximum atomic E-state index is 14.3. The monoisotopic (exact) mass is 802 g/mol. The minimum Gasteiger partial charge on any atom is -0.456 e. The summed E-state index contributed by atoms with van der Waals surface area (Å²) < 4.78 is 30.1. The molecule has 12 nitrogen and oxygen atoms in total. The number of Topliss-reactive ketones (excluding diaryl/α,β-unsaturated/α-hetero) is 2. The zero-order chi connectivity index (χ0) is 42.2. The summed E-state index contributed by atoms with van der Waals surface area (Å²) in [5, 5.41) is 23.8. The summed E-state index contributed by atoms with van der Waals surface area (Å²) in [6.07, 6.45) is 7.37. The van der Waals surface area contributed by atoms with E-state index in [9.17, 15) is 29.4 Å². The molecule has 1 amide bonds. The number of amides is 1. The van der Waals surface area contributed by atoms with E-state index in [1.54, 1.807) is 27.0 Å². The van der Waals surface area contributed by atoms with Crippen molar-refractivity contribution in [3.63, 3.8) is 0 Å². The van der Waals surface area contributed by atoms with Crippen LogP contribution in [-0.4, -0.2) is 115 Å². The van der Waals surface area contributed by atoms with Crippen LogP contribution in [0.15, 0.2) is 36.0 Å². The molecule has 3 fully saturated rings. The molecule has 3 aliphatic heterocycles. The van der Waals surface area contributed by atoms with Gasteiger partial charge in [0.25, 0.3) is 11.7 Å². The quantitative estimate of drug-likeness (QED) is 0.179. The lowest BCUT2D eigenvalue weighted by Crippen LogP contribution is -2.64. The van der Waals surface area contributed by atoms with Crippen LogP contribution in [0.1, 0.15) is 112 Å². The lowest BCUT2D eigenvalue weighted by Gasteiger charge is -2.47. The van der Waals surface area contributed by atoms with Crippen LogP contribution in [-0.2, 0) is 42.9 Å². The SMILES string of the molecule is C=CC[C@@H]1/C=C(\C)C[C@H](C)C[C@H](OC)[C@H]2O[C@@](O)(C(=O)C(=O)N3CCCC[C@H]3C(=O)O[C@H](/C(C)=C/[C@@H]3CC[C@H](C)[C@H](OC)C3)[C@H](C)[C@@H](O)CC1=O)[C@H](C)C[C@@H]2OC. The highest BCUT2D eigenvalue weighted by Crippen LogP contribution is 2.39. The summed E-state index contributed by atoms with van der Waals surface area (Å²) >= 11 is 0. The van der Waals surface area contributed by atoms with Crippen molar-refractivity contribution in [1.29, 1.82) is 0 Å². The molecule has 4 aliphatic rings. The zero-order valence-electron chi connectivity index (χ0n) is 35.9. The first-order chi connectivity index (χ1) is 27.0. The molecule has 2 saturated heterocycles. The van der Waals surface area contributed by atoms with Crippen molar-refractivity contribution in [2.24, 2.45) is 35.5 Å². The summed E-state index contributed by atoms with van der Waals surface area (Å²) in [6.45, 7) is 15.5. The Morgan fingerprint density at radius 3 is 2.26 bits per heavy atom. The molecule has 12 heteroatoms. The van der Waals surface area contributed by atoms with Gasteiger partial charge in [-0.1, -0.05) is 51.5 Å². The zero-order valence-corrected chi connectivity index (χ0v) is 35.9. The summed E-state index contributed by atoms with van der Waals surface area (Å²) in [4.78, 5) is 57.9. The van der Waals surface area contributed by atoms with Gasteiger partial charge < -0.3 is 38.8 Å². The maximum Gasteiger partial charge on any atom is 0.329 e. The number of hydrogen-bond donors (Lipinski definition) is 2. The molecule has 2 bridgehead atoms. The fourth-order valence-corrected chi connectivity index (χ4v) is 9.67. The molecule has 4 rings (SSSR count). The second kappa shape index (κ2) is 21.0. The molecule has 1 aliphatic carbocycles. The smallest absolute Gasteiger partial charge is 0.329 e. The molecule has 2 N–H and O–H groups in total. The molecule has 0 aromatic carbocycles. The number of carbonyl (C=O) groups excluding carboxylic acids is 4. The van der Waals surface area contributed by atoms with E-state index in [0.29, 0.717) is 38.0 Å². The van der Waals surface area contributed by atoms with Crippen LogP contribution in [0.3, 0.4) is 0 Å². The number of aliphatic hydroxyl groups excluding tert-OH is 1. The number of methoxy groups -OCH3 is 3. The molecule has 0 unspecified atom stereocenters. The fraction of sp³-hybridized carbons (Fsp3) is 0.778. The highest BCUT2D eigenvalue weighted by atomic mass is 16.7. The van der Waals surface area contributed by atoms with Crippen molar-refractivity contribution in [3.05, 3.63) is 36.0 Å². The van der Waals surface area contributed by atoms with E-state index in [0.717, 1.165) is 30.4 Å². The van der Waals surface area contributed by atoms with E-state index >= 15 is 0 Å². The number of rotatable bonds is 7. The molecular formula is C45H71NO11. The van der Waals surface area contributed by atoms with Gasteiger partial charge in [-0.15, -0.1) is 6.58 Å². The molecule has 3 heterocycles. The second-order valence-corrected chi connectivity index (χ2v) is 17.7. The molecule has 0 aromatic heterocycles. The van der Waals surface area contributed by atoms with Crippen molar-refractivity contribution in [2.45, 2.75) is 161 Å². The normalized spacial score (nSPS) is 41.0. The number of cyclic esters (lactones) is 1. The first-order valence-electron chi connectivity index (χ1n) is 21.2. The van der Waals surface area contributed by atoms with Gasteiger partial charge in [-0.3, -0.25) is 14.4 Å². The average molecular weight is 802 g/mol. The van der Waals surface area contributed by atoms with Crippen LogP contribution in [0.25, 0.3) is 0 Å². The number of hydrogen-bond acceptors (Lipinski definition) is 11. The minimum atomic E-state index is -2.49. The number of ether oxygens (including phenoxy) is 5. The third kappa shape index (κ3) is 11.3. The Morgan fingerprint density at radius 1 is 0.947 bits per heavy atom. The van der Waals surface area contributed by atoms with Crippen LogP contribution in [0.2, 0.25) is 0 Å². The van der Waals surface area contributed by atoms with Gasteiger partial charge in [0.2, 0.25) is 5.79 Å². The molecule has 0 radical (unpaired) electrons. The molecule has 322 valence electrons. The number of ketones is 2. The number of piperidine rings is 1. The Hall–Kier alpha value is -2.74. The van der Waals surface area contributed by atoms with E-state index in [-0.39, 0.29) is 49.5 Å². The highest BCUT2D eigenvalue weighted by Gasteiger charge is 2.56.